The third kappa shape index (κ3) is 5.54. The molecule has 3 atom stereocenters. The molecule has 0 amide bonds. The largest absolute Gasteiger partial charge is 0.313 e. The molecule has 0 spiro atoms. The second kappa shape index (κ2) is 9.81. The topological polar surface area (TPSA) is 12.0 Å². The minimum absolute atomic E-state index is 0.660. The van der Waals surface area contributed by atoms with E-state index < -0.39 is 0 Å². The Bertz CT molecular complexity index is 382. The highest BCUT2D eigenvalue weighted by atomic mass is 32.2. The van der Waals surface area contributed by atoms with Crippen molar-refractivity contribution >= 4 is 23.5 Å². The van der Waals surface area contributed by atoms with Gasteiger partial charge >= 0.3 is 0 Å². The van der Waals surface area contributed by atoms with E-state index >= 15 is 0 Å². The maximum atomic E-state index is 3.84. The van der Waals surface area contributed by atoms with Crippen LogP contribution in [-0.4, -0.2) is 34.6 Å². The SMILES string of the molecule is CCCNC(CCc1ccccc1)C1SCCSC1CC. The second-order valence-corrected chi connectivity index (χ2v) is 8.37. The first kappa shape index (κ1) is 17.2. The van der Waals surface area contributed by atoms with Gasteiger partial charge in [0.05, 0.1) is 0 Å². The van der Waals surface area contributed by atoms with Crippen LogP contribution >= 0.6 is 23.5 Å². The summed E-state index contributed by atoms with van der Waals surface area (Å²) in [6, 6.07) is 11.6. The lowest BCUT2D eigenvalue weighted by Gasteiger charge is -2.36. The Morgan fingerprint density at radius 3 is 2.62 bits per heavy atom. The number of aryl methyl sites for hydroxylation is 1. The highest BCUT2D eigenvalue weighted by Crippen LogP contribution is 2.36. The summed E-state index contributed by atoms with van der Waals surface area (Å²) in [7, 11) is 0. The summed E-state index contributed by atoms with van der Waals surface area (Å²) in [4.78, 5) is 0. The summed E-state index contributed by atoms with van der Waals surface area (Å²) in [5.74, 6) is 2.65. The zero-order chi connectivity index (χ0) is 14.9. The van der Waals surface area contributed by atoms with Crippen LogP contribution in [-0.2, 0) is 6.42 Å². The van der Waals surface area contributed by atoms with E-state index in [1.54, 1.807) is 0 Å². The number of rotatable bonds is 8. The monoisotopic (exact) mass is 323 g/mol. The van der Waals surface area contributed by atoms with Crippen LogP contribution in [0.5, 0.6) is 0 Å². The number of hydrogen-bond donors (Lipinski definition) is 1. The van der Waals surface area contributed by atoms with Gasteiger partial charge in [0.2, 0.25) is 0 Å². The van der Waals surface area contributed by atoms with Crippen molar-refractivity contribution in [1.29, 1.82) is 0 Å². The third-order valence-electron chi connectivity index (χ3n) is 4.13. The molecule has 3 unspecified atom stereocenters. The first-order valence-corrected chi connectivity index (χ1v) is 10.5. The minimum atomic E-state index is 0.660. The van der Waals surface area contributed by atoms with E-state index in [1.807, 2.05) is 0 Å². The molecule has 2 rings (SSSR count). The molecule has 0 radical (unpaired) electrons. The molecule has 1 aliphatic heterocycles. The molecule has 1 heterocycles. The van der Waals surface area contributed by atoms with Crippen molar-refractivity contribution in [3.63, 3.8) is 0 Å². The minimum Gasteiger partial charge on any atom is -0.313 e. The van der Waals surface area contributed by atoms with Crippen LogP contribution in [0.15, 0.2) is 30.3 Å². The lowest BCUT2D eigenvalue weighted by molar-refractivity contribution is 0.454. The predicted octanol–water partition coefficient (Wildman–Crippen LogP) is 4.61. The van der Waals surface area contributed by atoms with E-state index in [0.717, 1.165) is 17.0 Å². The third-order valence-corrected chi connectivity index (χ3v) is 7.54. The Kier molecular flexibility index (Phi) is 8.05. The lowest BCUT2D eigenvalue weighted by atomic mass is 10.00. The Hall–Kier alpha value is -0.120. The van der Waals surface area contributed by atoms with Gasteiger partial charge in [0.25, 0.3) is 0 Å². The molecular formula is C18H29NS2. The second-order valence-electron chi connectivity index (χ2n) is 5.74. The van der Waals surface area contributed by atoms with Gasteiger partial charge in [0.1, 0.15) is 0 Å². The molecule has 21 heavy (non-hydrogen) atoms. The molecular weight excluding hydrogens is 294 g/mol. The lowest BCUT2D eigenvalue weighted by Crippen LogP contribution is -2.45. The average Bonchev–Trinajstić information content (AvgIpc) is 2.56. The van der Waals surface area contributed by atoms with Crippen LogP contribution in [0.2, 0.25) is 0 Å². The highest BCUT2D eigenvalue weighted by molar-refractivity contribution is 8.07. The van der Waals surface area contributed by atoms with Gasteiger partial charge in [-0.3, -0.25) is 0 Å². The number of thioether (sulfide) groups is 2. The summed E-state index contributed by atoms with van der Waals surface area (Å²) in [6.07, 6.45) is 4.99. The molecule has 1 aromatic carbocycles. The Morgan fingerprint density at radius 1 is 1.14 bits per heavy atom. The van der Waals surface area contributed by atoms with Crippen molar-refractivity contribution in [2.24, 2.45) is 0 Å². The van der Waals surface area contributed by atoms with E-state index in [2.05, 4.69) is 73.0 Å². The zero-order valence-electron chi connectivity index (χ0n) is 13.4. The summed E-state index contributed by atoms with van der Waals surface area (Å²) < 4.78 is 0. The fourth-order valence-corrected chi connectivity index (χ4v) is 6.29. The van der Waals surface area contributed by atoms with Gasteiger partial charge in [-0.1, -0.05) is 44.2 Å². The van der Waals surface area contributed by atoms with Crippen molar-refractivity contribution in [3.05, 3.63) is 35.9 Å². The fourth-order valence-electron chi connectivity index (χ4n) is 2.99. The van der Waals surface area contributed by atoms with E-state index in [1.165, 1.54) is 42.8 Å². The zero-order valence-corrected chi connectivity index (χ0v) is 15.0. The van der Waals surface area contributed by atoms with Crippen molar-refractivity contribution in [1.82, 2.24) is 5.32 Å². The number of nitrogens with one attached hydrogen (secondary N) is 1. The van der Waals surface area contributed by atoms with Gasteiger partial charge in [-0.15, -0.1) is 0 Å². The summed E-state index contributed by atoms with van der Waals surface area (Å²) in [5, 5.41) is 5.45. The van der Waals surface area contributed by atoms with Gasteiger partial charge in [-0.2, -0.15) is 23.5 Å². The Balaban J connectivity index is 1.95. The molecule has 1 N–H and O–H groups in total. The molecule has 3 heteroatoms. The molecule has 0 saturated carbocycles. The Morgan fingerprint density at radius 2 is 1.90 bits per heavy atom. The molecule has 118 valence electrons. The van der Waals surface area contributed by atoms with E-state index in [-0.39, 0.29) is 0 Å². The highest BCUT2D eigenvalue weighted by Gasteiger charge is 2.31. The maximum Gasteiger partial charge on any atom is 0.0320 e. The van der Waals surface area contributed by atoms with Crippen LogP contribution in [0.25, 0.3) is 0 Å². The van der Waals surface area contributed by atoms with Crippen LogP contribution < -0.4 is 5.32 Å². The van der Waals surface area contributed by atoms with Crippen molar-refractivity contribution in [2.45, 2.75) is 56.1 Å². The van der Waals surface area contributed by atoms with Crippen LogP contribution in [0.1, 0.15) is 38.7 Å². The van der Waals surface area contributed by atoms with Crippen molar-refractivity contribution in [2.75, 3.05) is 18.1 Å². The van der Waals surface area contributed by atoms with Crippen molar-refractivity contribution in [3.8, 4) is 0 Å². The molecule has 0 bridgehead atoms. The first-order valence-electron chi connectivity index (χ1n) is 8.35. The van der Waals surface area contributed by atoms with Gasteiger partial charge in [-0.05, 0) is 37.8 Å². The van der Waals surface area contributed by atoms with E-state index in [0.29, 0.717) is 6.04 Å². The summed E-state index contributed by atoms with van der Waals surface area (Å²) >= 11 is 4.40. The van der Waals surface area contributed by atoms with Crippen LogP contribution in [0, 0.1) is 0 Å². The van der Waals surface area contributed by atoms with Gasteiger partial charge in [0.15, 0.2) is 0 Å². The fraction of sp³-hybridized carbons (Fsp3) is 0.667. The predicted molar refractivity (Wildman–Crippen MR) is 99.6 cm³/mol. The molecule has 1 fully saturated rings. The molecule has 0 aromatic heterocycles. The maximum absolute atomic E-state index is 3.84. The van der Waals surface area contributed by atoms with E-state index in [4.69, 9.17) is 0 Å². The standard InChI is InChI=1S/C18H29NS2/c1-3-12-19-16(11-10-15-8-6-5-7-9-15)18-17(4-2)20-13-14-21-18/h5-9,16-19H,3-4,10-14H2,1-2H3. The van der Waals surface area contributed by atoms with Crippen LogP contribution in [0.4, 0.5) is 0 Å². The Labute approximate surface area is 139 Å². The molecule has 1 nitrogen and oxygen atoms in total. The van der Waals surface area contributed by atoms with E-state index in [9.17, 15) is 0 Å². The normalized spacial score (nSPS) is 23.9. The van der Waals surface area contributed by atoms with Gasteiger partial charge < -0.3 is 5.32 Å². The smallest absolute Gasteiger partial charge is 0.0320 e. The van der Waals surface area contributed by atoms with Crippen LogP contribution in [0.3, 0.4) is 0 Å². The van der Waals surface area contributed by atoms with Gasteiger partial charge in [-0.25, -0.2) is 0 Å². The number of hydrogen-bond acceptors (Lipinski definition) is 3. The van der Waals surface area contributed by atoms with Crippen molar-refractivity contribution < 1.29 is 0 Å². The first-order chi connectivity index (χ1) is 10.3. The molecule has 0 aliphatic carbocycles. The quantitative estimate of drug-likeness (QED) is 0.750. The summed E-state index contributed by atoms with van der Waals surface area (Å²) in [5.41, 5.74) is 1.47. The summed E-state index contributed by atoms with van der Waals surface area (Å²) in [6.45, 7) is 5.77. The number of benzene rings is 1. The van der Waals surface area contributed by atoms with Gasteiger partial charge in [0, 0.05) is 28.0 Å². The average molecular weight is 324 g/mol. The molecule has 1 aromatic rings. The molecule has 1 aliphatic rings. The molecule has 1 saturated heterocycles.